The topological polar surface area (TPSA) is 100 Å². The first-order valence-corrected chi connectivity index (χ1v) is 9.23. The lowest BCUT2D eigenvalue weighted by Crippen LogP contribution is -2.41. The molecule has 0 aromatic heterocycles. The number of esters is 1. The van der Waals surface area contributed by atoms with E-state index in [4.69, 9.17) is 18.5 Å². The Morgan fingerprint density at radius 1 is 1.04 bits per heavy atom. The molecule has 0 aromatic carbocycles. The lowest BCUT2D eigenvalue weighted by Gasteiger charge is -2.25. The molecule has 0 saturated carbocycles. The first kappa shape index (κ1) is 21.9. The van der Waals surface area contributed by atoms with Gasteiger partial charge >= 0.3 is 19.7 Å². The van der Waals surface area contributed by atoms with Gasteiger partial charge in [-0.2, -0.15) is 0 Å². The molecule has 0 bridgehead atoms. The van der Waals surface area contributed by atoms with Crippen LogP contribution in [0.1, 0.15) is 41.5 Å². The molecule has 9 heteroatoms. The van der Waals surface area contributed by atoms with Gasteiger partial charge in [0.05, 0.1) is 19.8 Å². The van der Waals surface area contributed by atoms with Crippen molar-refractivity contribution >= 4 is 19.7 Å². The molecule has 0 rings (SSSR count). The predicted molar refractivity (Wildman–Crippen MR) is 85.5 cm³/mol. The van der Waals surface area contributed by atoms with Gasteiger partial charge in [-0.05, 0) is 41.5 Å². The molecule has 23 heavy (non-hydrogen) atoms. The molecule has 1 amide bonds. The highest BCUT2D eigenvalue weighted by Gasteiger charge is 2.42. The third kappa shape index (κ3) is 8.34. The lowest BCUT2D eigenvalue weighted by atomic mass is 10.2. The van der Waals surface area contributed by atoms with Gasteiger partial charge in [-0.25, -0.2) is 4.79 Å². The number of hydrogen-bond acceptors (Lipinski definition) is 7. The van der Waals surface area contributed by atoms with E-state index in [1.807, 2.05) is 0 Å². The molecule has 136 valence electrons. The smallest absolute Gasteiger partial charge is 0.407 e. The van der Waals surface area contributed by atoms with E-state index < -0.39 is 30.9 Å². The van der Waals surface area contributed by atoms with Crippen molar-refractivity contribution in [1.29, 1.82) is 0 Å². The molecule has 0 radical (unpaired) electrons. The van der Waals surface area contributed by atoms with Crippen LogP contribution in [0.5, 0.6) is 0 Å². The maximum Gasteiger partial charge on any atom is 0.407 e. The molecular formula is C14H28NO7P. The molecule has 0 fully saturated rings. The molecule has 0 heterocycles. The molecule has 1 unspecified atom stereocenters. The second-order valence-electron chi connectivity index (χ2n) is 5.53. The number of rotatable bonds is 9. The van der Waals surface area contributed by atoms with Gasteiger partial charge in [0.15, 0.2) is 5.66 Å². The minimum Gasteiger partial charge on any atom is -0.465 e. The van der Waals surface area contributed by atoms with Crippen LogP contribution in [0.4, 0.5) is 4.79 Å². The van der Waals surface area contributed by atoms with Gasteiger partial charge in [0.1, 0.15) is 5.60 Å². The summed E-state index contributed by atoms with van der Waals surface area (Å²) in [6, 6.07) is 0. The number of ether oxygens (including phenoxy) is 2. The van der Waals surface area contributed by atoms with Gasteiger partial charge in [-0.15, -0.1) is 0 Å². The van der Waals surface area contributed by atoms with Crippen LogP contribution < -0.4 is 5.32 Å². The van der Waals surface area contributed by atoms with Crippen molar-refractivity contribution in [3.63, 3.8) is 0 Å². The highest BCUT2D eigenvalue weighted by molar-refractivity contribution is 7.55. The van der Waals surface area contributed by atoms with Crippen LogP contribution in [0.25, 0.3) is 0 Å². The van der Waals surface area contributed by atoms with Gasteiger partial charge in [0, 0.05) is 6.54 Å². The van der Waals surface area contributed by atoms with E-state index in [0.29, 0.717) is 0 Å². The van der Waals surface area contributed by atoms with E-state index in [0.717, 1.165) is 0 Å². The third-order valence-electron chi connectivity index (χ3n) is 2.40. The van der Waals surface area contributed by atoms with E-state index in [1.165, 1.54) is 0 Å². The van der Waals surface area contributed by atoms with Gasteiger partial charge in [-0.1, -0.05) is 0 Å². The molecule has 0 spiro atoms. The standard InChI is InChI=1S/C14H28NO7P/c1-7-19-12(16)11(23(18,20-8-2)21-9-3)10-15-13(17)22-14(4,5)6/h11H,7-10H2,1-6H3,(H,15,17). The SMILES string of the molecule is CCOC(=O)C(CNC(=O)OC(C)(C)C)P(=O)(OCC)OCC. The minimum atomic E-state index is -3.77. The molecule has 0 aliphatic rings. The maximum atomic E-state index is 12.8. The molecule has 0 aliphatic carbocycles. The van der Waals surface area contributed by atoms with Crippen LogP contribution in [0, 0.1) is 0 Å². The predicted octanol–water partition coefficient (Wildman–Crippen LogP) is 2.71. The summed E-state index contributed by atoms with van der Waals surface area (Å²) in [5, 5.41) is 2.41. The normalized spacial score (nSPS) is 13.3. The van der Waals surface area contributed by atoms with Crippen LogP contribution in [-0.2, 0) is 27.9 Å². The van der Waals surface area contributed by atoms with Gasteiger partial charge in [0.2, 0.25) is 0 Å². The maximum absolute atomic E-state index is 12.8. The fraction of sp³-hybridized carbons (Fsp3) is 0.857. The number of carbonyl (C=O) groups is 2. The molecule has 1 atom stereocenters. The van der Waals surface area contributed by atoms with E-state index in [2.05, 4.69) is 5.32 Å². The zero-order valence-corrected chi connectivity index (χ0v) is 15.6. The molecular weight excluding hydrogens is 325 g/mol. The van der Waals surface area contributed by atoms with Gasteiger partial charge < -0.3 is 23.8 Å². The largest absolute Gasteiger partial charge is 0.465 e. The highest BCUT2D eigenvalue weighted by atomic mass is 31.2. The molecule has 0 aromatic rings. The Morgan fingerprint density at radius 3 is 1.96 bits per heavy atom. The van der Waals surface area contributed by atoms with Crippen LogP contribution in [0.2, 0.25) is 0 Å². The van der Waals surface area contributed by atoms with E-state index in [1.54, 1.807) is 41.5 Å². The Balaban J connectivity index is 5.11. The second-order valence-corrected chi connectivity index (χ2v) is 7.75. The monoisotopic (exact) mass is 353 g/mol. The molecule has 8 nitrogen and oxygen atoms in total. The van der Waals surface area contributed by atoms with Crippen molar-refractivity contribution in [3.8, 4) is 0 Å². The van der Waals surface area contributed by atoms with Crippen molar-refractivity contribution in [2.45, 2.75) is 52.8 Å². The Hall–Kier alpha value is -1.11. The van der Waals surface area contributed by atoms with Crippen LogP contribution in [0.3, 0.4) is 0 Å². The first-order valence-electron chi connectivity index (χ1n) is 7.61. The Bertz CT molecular complexity index is 423. The number of alkyl carbamates (subject to hydrolysis) is 1. The average molecular weight is 353 g/mol. The Kier molecular flexibility index (Phi) is 9.42. The minimum absolute atomic E-state index is 0.0968. The van der Waals surface area contributed by atoms with Crippen molar-refractivity contribution in [1.82, 2.24) is 5.32 Å². The molecule has 0 saturated heterocycles. The quantitative estimate of drug-likeness (QED) is 0.502. The number of amides is 1. The average Bonchev–Trinajstić information content (AvgIpc) is 2.37. The van der Waals surface area contributed by atoms with Gasteiger partial charge in [0.25, 0.3) is 0 Å². The number of hydrogen-bond donors (Lipinski definition) is 1. The third-order valence-corrected chi connectivity index (χ3v) is 4.79. The number of carbonyl (C=O) groups excluding carboxylic acids is 2. The summed E-state index contributed by atoms with van der Waals surface area (Å²) >= 11 is 0. The Morgan fingerprint density at radius 2 is 1.57 bits per heavy atom. The van der Waals surface area contributed by atoms with Crippen LogP contribution >= 0.6 is 7.60 Å². The van der Waals surface area contributed by atoms with Crippen LogP contribution in [0.15, 0.2) is 0 Å². The second kappa shape index (κ2) is 9.90. The Labute approximate surface area is 137 Å². The first-order chi connectivity index (χ1) is 10.6. The summed E-state index contributed by atoms with van der Waals surface area (Å²) in [5.41, 5.74) is -1.94. The molecule has 1 N–H and O–H groups in total. The zero-order valence-electron chi connectivity index (χ0n) is 14.7. The van der Waals surface area contributed by atoms with E-state index >= 15 is 0 Å². The summed E-state index contributed by atoms with van der Waals surface area (Å²) in [6.07, 6.45) is -0.730. The van der Waals surface area contributed by atoms with E-state index in [9.17, 15) is 14.2 Å². The summed E-state index contributed by atoms with van der Waals surface area (Å²) < 4.78 is 33.1. The zero-order chi connectivity index (χ0) is 18.1. The fourth-order valence-corrected chi connectivity index (χ4v) is 3.44. The number of nitrogens with one attached hydrogen (secondary N) is 1. The lowest BCUT2D eigenvalue weighted by molar-refractivity contribution is -0.142. The van der Waals surface area contributed by atoms with E-state index in [-0.39, 0.29) is 26.4 Å². The summed E-state index contributed by atoms with van der Waals surface area (Å²) in [6.45, 7) is 10.1. The fourth-order valence-electron chi connectivity index (χ4n) is 1.63. The van der Waals surface area contributed by atoms with Gasteiger partial charge in [-0.3, -0.25) is 9.36 Å². The summed E-state index contributed by atoms with van der Waals surface area (Å²) in [5.74, 6) is -0.756. The van der Waals surface area contributed by atoms with Crippen molar-refractivity contribution < 1.29 is 32.7 Å². The van der Waals surface area contributed by atoms with Crippen molar-refractivity contribution in [3.05, 3.63) is 0 Å². The van der Waals surface area contributed by atoms with Crippen LogP contribution in [-0.4, -0.2) is 49.7 Å². The summed E-state index contributed by atoms with van der Waals surface area (Å²) in [4.78, 5) is 23.8. The summed E-state index contributed by atoms with van der Waals surface area (Å²) in [7, 11) is -3.77. The molecule has 0 aliphatic heterocycles. The van der Waals surface area contributed by atoms with Crippen molar-refractivity contribution in [2.24, 2.45) is 0 Å². The highest BCUT2D eigenvalue weighted by Crippen LogP contribution is 2.53. The van der Waals surface area contributed by atoms with Crippen molar-refractivity contribution in [2.75, 3.05) is 26.4 Å².